The first-order valence-corrected chi connectivity index (χ1v) is 4.08. The monoisotopic (exact) mass is 127 g/mol. The minimum absolute atomic E-state index is 0.826. The average molecular weight is 127 g/mol. The van der Waals surface area contributed by atoms with Gasteiger partial charge in [0.05, 0.1) is 0 Å². The Morgan fingerprint density at radius 1 is 1.33 bits per heavy atom. The largest absolute Gasteiger partial charge is 0.301 e. The summed E-state index contributed by atoms with van der Waals surface area (Å²) in [6, 6.07) is 0.826. The van der Waals surface area contributed by atoms with Gasteiger partial charge in [-0.25, -0.2) is 0 Å². The highest BCUT2D eigenvalue weighted by Crippen LogP contribution is 2.12. The van der Waals surface area contributed by atoms with Crippen LogP contribution in [0.5, 0.6) is 0 Å². The van der Waals surface area contributed by atoms with E-state index in [1.807, 2.05) is 0 Å². The zero-order valence-electron chi connectivity index (χ0n) is 6.56. The molecule has 9 heavy (non-hydrogen) atoms. The number of hydrogen-bond donors (Lipinski definition) is 0. The molecule has 0 aliphatic carbocycles. The van der Waals surface area contributed by atoms with Gasteiger partial charge in [0.2, 0.25) is 0 Å². The van der Waals surface area contributed by atoms with Gasteiger partial charge in [-0.15, -0.1) is 0 Å². The van der Waals surface area contributed by atoms with Crippen molar-refractivity contribution >= 4 is 0 Å². The van der Waals surface area contributed by atoms with Crippen molar-refractivity contribution in [1.29, 1.82) is 0 Å². The third kappa shape index (κ3) is 1.68. The lowest BCUT2D eigenvalue weighted by Gasteiger charge is -2.21. The van der Waals surface area contributed by atoms with Gasteiger partial charge in [0.25, 0.3) is 0 Å². The van der Waals surface area contributed by atoms with Crippen LogP contribution in [0.15, 0.2) is 0 Å². The maximum absolute atomic E-state index is 2.58. The summed E-state index contributed by atoms with van der Waals surface area (Å²) in [6.07, 6.45) is 4.15. The van der Waals surface area contributed by atoms with Gasteiger partial charge in [0, 0.05) is 6.04 Å². The molecule has 1 rings (SSSR count). The van der Waals surface area contributed by atoms with Crippen molar-refractivity contribution in [3.05, 3.63) is 0 Å². The molecule has 0 bridgehead atoms. The van der Waals surface area contributed by atoms with E-state index in [-0.39, 0.29) is 0 Å². The van der Waals surface area contributed by atoms with E-state index in [1.54, 1.807) is 0 Å². The third-order valence-corrected chi connectivity index (χ3v) is 2.35. The maximum atomic E-state index is 2.58. The van der Waals surface area contributed by atoms with Gasteiger partial charge in [0.15, 0.2) is 0 Å². The molecule has 0 unspecified atom stereocenters. The third-order valence-electron chi connectivity index (χ3n) is 2.35. The van der Waals surface area contributed by atoms with Crippen LogP contribution in [0.2, 0.25) is 0 Å². The topological polar surface area (TPSA) is 3.24 Å². The molecule has 1 saturated heterocycles. The molecule has 1 fully saturated rings. The second-order valence-electron chi connectivity index (χ2n) is 3.00. The zero-order valence-corrected chi connectivity index (χ0v) is 6.56. The summed E-state index contributed by atoms with van der Waals surface area (Å²) in [7, 11) is 0. The van der Waals surface area contributed by atoms with Crippen molar-refractivity contribution in [2.75, 3.05) is 13.1 Å². The smallest absolute Gasteiger partial charge is 0.00643 e. The van der Waals surface area contributed by atoms with Crippen LogP contribution in [0, 0.1) is 0 Å². The summed E-state index contributed by atoms with van der Waals surface area (Å²) in [6.45, 7) is 7.28. The zero-order chi connectivity index (χ0) is 6.69. The molecule has 1 aliphatic rings. The van der Waals surface area contributed by atoms with E-state index in [9.17, 15) is 0 Å². The molecule has 0 radical (unpaired) electrons. The van der Waals surface area contributed by atoms with Crippen molar-refractivity contribution in [2.24, 2.45) is 0 Å². The van der Waals surface area contributed by atoms with Crippen LogP contribution in [0.4, 0.5) is 0 Å². The first kappa shape index (κ1) is 7.07. The van der Waals surface area contributed by atoms with E-state index in [2.05, 4.69) is 18.7 Å². The number of rotatable bonds is 2. The van der Waals surface area contributed by atoms with Gasteiger partial charge in [-0.2, -0.15) is 0 Å². The second kappa shape index (κ2) is 3.21. The van der Waals surface area contributed by atoms with E-state index in [0.717, 1.165) is 6.04 Å². The molecule has 1 nitrogen and oxygen atoms in total. The minimum Gasteiger partial charge on any atom is -0.301 e. The highest BCUT2D eigenvalue weighted by molar-refractivity contribution is 4.71. The van der Waals surface area contributed by atoms with Crippen LogP contribution in [0.3, 0.4) is 0 Å². The summed E-state index contributed by atoms with van der Waals surface area (Å²) in [4.78, 5) is 2.58. The molecule has 1 heteroatoms. The van der Waals surface area contributed by atoms with Crippen LogP contribution in [-0.4, -0.2) is 24.0 Å². The molecule has 1 heterocycles. The molecule has 0 N–H and O–H groups in total. The molecule has 0 saturated carbocycles. The predicted molar refractivity (Wildman–Crippen MR) is 40.6 cm³/mol. The molecular weight excluding hydrogens is 110 g/mol. The van der Waals surface area contributed by atoms with E-state index in [1.165, 1.54) is 32.4 Å². The van der Waals surface area contributed by atoms with Gasteiger partial charge < -0.3 is 4.90 Å². The van der Waals surface area contributed by atoms with Gasteiger partial charge >= 0.3 is 0 Å². The van der Waals surface area contributed by atoms with Gasteiger partial charge in [-0.05, 0) is 39.3 Å². The number of nitrogens with zero attached hydrogens (tertiary/aromatic N) is 1. The summed E-state index contributed by atoms with van der Waals surface area (Å²) in [5.41, 5.74) is 0. The average Bonchev–Trinajstić information content (AvgIpc) is 2.37. The van der Waals surface area contributed by atoms with E-state index >= 15 is 0 Å². The lowest BCUT2D eigenvalue weighted by Crippen LogP contribution is -2.29. The van der Waals surface area contributed by atoms with E-state index < -0.39 is 0 Å². The highest BCUT2D eigenvalue weighted by atomic mass is 15.2. The molecule has 0 aromatic carbocycles. The molecule has 0 amide bonds. The summed E-state index contributed by atoms with van der Waals surface area (Å²) in [5.74, 6) is 0. The molecule has 1 atom stereocenters. The Bertz CT molecular complexity index is 74.6. The molecular formula is C8H17N. The van der Waals surface area contributed by atoms with E-state index in [4.69, 9.17) is 0 Å². The maximum Gasteiger partial charge on any atom is 0.00643 e. The van der Waals surface area contributed by atoms with Crippen LogP contribution >= 0.6 is 0 Å². The Labute approximate surface area is 58.0 Å². The van der Waals surface area contributed by atoms with Crippen molar-refractivity contribution in [2.45, 2.75) is 39.2 Å². The molecule has 0 spiro atoms. The first-order valence-electron chi connectivity index (χ1n) is 4.08. The number of hydrogen-bond acceptors (Lipinski definition) is 1. The second-order valence-corrected chi connectivity index (χ2v) is 3.00. The fraction of sp³-hybridized carbons (Fsp3) is 1.00. The lowest BCUT2D eigenvalue weighted by molar-refractivity contribution is 0.253. The van der Waals surface area contributed by atoms with Gasteiger partial charge in [-0.1, -0.05) is 6.92 Å². The Kier molecular flexibility index (Phi) is 2.52. The van der Waals surface area contributed by atoms with Crippen molar-refractivity contribution < 1.29 is 0 Å². The number of likely N-dealkylation sites (tertiary alicyclic amines) is 1. The lowest BCUT2D eigenvalue weighted by atomic mass is 10.2. The predicted octanol–water partition coefficient (Wildman–Crippen LogP) is 1.88. The fourth-order valence-corrected chi connectivity index (χ4v) is 1.44. The molecule has 1 aliphatic heterocycles. The molecule has 54 valence electrons. The summed E-state index contributed by atoms with van der Waals surface area (Å²) < 4.78 is 0. The van der Waals surface area contributed by atoms with Gasteiger partial charge in [-0.3, -0.25) is 0 Å². The van der Waals surface area contributed by atoms with E-state index in [0.29, 0.717) is 0 Å². The molecule has 0 aromatic rings. The SMILES string of the molecule is CC[C@H](C)N1CCCC1. The quantitative estimate of drug-likeness (QED) is 0.547. The van der Waals surface area contributed by atoms with Crippen LogP contribution in [0.25, 0.3) is 0 Å². The first-order chi connectivity index (χ1) is 4.34. The van der Waals surface area contributed by atoms with Crippen LogP contribution in [0.1, 0.15) is 33.1 Å². The Morgan fingerprint density at radius 3 is 2.33 bits per heavy atom. The Morgan fingerprint density at radius 2 is 1.89 bits per heavy atom. The van der Waals surface area contributed by atoms with Crippen molar-refractivity contribution in [1.82, 2.24) is 4.90 Å². The molecule has 0 aromatic heterocycles. The highest BCUT2D eigenvalue weighted by Gasteiger charge is 2.15. The van der Waals surface area contributed by atoms with Crippen LogP contribution in [-0.2, 0) is 0 Å². The Balaban J connectivity index is 2.24. The Hall–Kier alpha value is -0.0400. The fourth-order valence-electron chi connectivity index (χ4n) is 1.44. The standard InChI is InChI=1S/C8H17N/c1-3-8(2)9-6-4-5-7-9/h8H,3-7H2,1-2H3/t8-/m0/s1. The summed E-state index contributed by atoms with van der Waals surface area (Å²) in [5, 5.41) is 0. The van der Waals surface area contributed by atoms with Crippen LogP contribution < -0.4 is 0 Å². The van der Waals surface area contributed by atoms with Crippen molar-refractivity contribution in [3.8, 4) is 0 Å². The summed E-state index contributed by atoms with van der Waals surface area (Å²) >= 11 is 0. The minimum atomic E-state index is 0.826. The normalized spacial score (nSPS) is 24.7. The van der Waals surface area contributed by atoms with Crippen molar-refractivity contribution in [3.63, 3.8) is 0 Å². The van der Waals surface area contributed by atoms with Gasteiger partial charge in [0.1, 0.15) is 0 Å².